The molecule has 0 amide bonds. The zero-order valence-electron chi connectivity index (χ0n) is 6.98. The Hall–Kier alpha value is -0.120. The number of fused-ring (bicyclic) bond motifs is 1. The molecule has 2 saturated heterocycles. The minimum atomic E-state index is -0.136. The third kappa shape index (κ3) is 0.873. The zero-order valence-corrected chi connectivity index (χ0v) is 6.98. The second-order valence-electron chi connectivity index (χ2n) is 4.27. The Morgan fingerprint density at radius 3 is 2.75 bits per heavy atom. The third-order valence-corrected chi connectivity index (χ3v) is 3.52. The van der Waals surface area contributed by atoms with E-state index < -0.39 is 0 Å². The molecule has 0 aromatic heterocycles. The average molecular weight is 170 g/mol. The highest BCUT2D eigenvalue weighted by Crippen LogP contribution is 2.45. The third-order valence-electron chi connectivity index (χ3n) is 3.52. The van der Waals surface area contributed by atoms with Gasteiger partial charge in [-0.2, -0.15) is 0 Å². The first-order valence-corrected chi connectivity index (χ1v) is 4.76. The highest BCUT2D eigenvalue weighted by atomic mass is 16.7. The molecule has 1 aliphatic carbocycles. The van der Waals surface area contributed by atoms with Gasteiger partial charge in [0.1, 0.15) is 0 Å². The molecular weight excluding hydrogens is 156 g/mol. The number of rotatable bonds is 0. The maximum atomic E-state index is 9.77. The molecule has 3 rings (SSSR count). The van der Waals surface area contributed by atoms with Crippen LogP contribution in [0.15, 0.2) is 0 Å². The van der Waals surface area contributed by atoms with Gasteiger partial charge in [-0.05, 0) is 18.8 Å². The standard InChI is InChI=1S/C9H14O3/c10-8-2-5-1-6-7(8)4-12-9(6)11-3-5/h5-10H,1-4H2. The van der Waals surface area contributed by atoms with Crippen molar-refractivity contribution in [1.29, 1.82) is 0 Å². The molecule has 3 aliphatic rings. The van der Waals surface area contributed by atoms with Crippen LogP contribution < -0.4 is 0 Å². The van der Waals surface area contributed by atoms with Crippen molar-refractivity contribution in [3.63, 3.8) is 0 Å². The molecule has 1 N–H and O–H groups in total. The lowest BCUT2D eigenvalue weighted by Crippen LogP contribution is -2.44. The highest BCUT2D eigenvalue weighted by Gasteiger charge is 2.49. The Morgan fingerprint density at radius 1 is 1.00 bits per heavy atom. The summed E-state index contributed by atoms with van der Waals surface area (Å²) in [6.07, 6.45) is 1.98. The SMILES string of the molecule is OC1CC2COC3OCC1C3C2. The fourth-order valence-electron chi connectivity index (χ4n) is 2.87. The van der Waals surface area contributed by atoms with Crippen molar-refractivity contribution in [3.8, 4) is 0 Å². The molecule has 0 spiro atoms. The van der Waals surface area contributed by atoms with Gasteiger partial charge in [0.2, 0.25) is 0 Å². The lowest BCUT2D eigenvalue weighted by molar-refractivity contribution is -0.179. The Kier molecular flexibility index (Phi) is 1.48. The van der Waals surface area contributed by atoms with Gasteiger partial charge in [0.15, 0.2) is 6.29 Å². The van der Waals surface area contributed by atoms with Crippen LogP contribution in [0.1, 0.15) is 12.8 Å². The van der Waals surface area contributed by atoms with E-state index in [4.69, 9.17) is 9.47 Å². The molecule has 5 unspecified atom stereocenters. The zero-order chi connectivity index (χ0) is 8.13. The van der Waals surface area contributed by atoms with E-state index in [-0.39, 0.29) is 12.4 Å². The molecule has 3 fully saturated rings. The minimum Gasteiger partial charge on any atom is -0.393 e. The van der Waals surface area contributed by atoms with Crippen molar-refractivity contribution in [1.82, 2.24) is 0 Å². The van der Waals surface area contributed by atoms with E-state index in [0.717, 1.165) is 13.0 Å². The van der Waals surface area contributed by atoms with Gasteiger partial charge in [-0.1, -0.05) is 0 Å². The van der Waals surface area contributed by atoms with Gasteiger partial charge in [0.05, 0.1) is 19.3 Å². The van der Waals surface area contributed by atoms with Gasteiger partial charge in [0, 0.05) is 11.8 Å². The fraction of sp³-hybridized carbons (Fsp3) is 1.00. The van der Waals surface area contributed by atoms with Crippen LogP contribution in [0.5, 0.6) is 0 Å². The van der Waals surface area contributed by atoms with Crippen LogP contribution in [-0.2, 0) is 9.47 Å². The predicted molar refractivity (Wildman–Crippen MR) is 41.4 cm³/mol. The first-order chi connectivity index (χ1) is 5.84. The van der Waals surface area contributed by atoms with E-state index in [1.807, 2.05) is 0 Å². The summed E-state index contributed by atoms with van der Waals surface area (Å²) in [5.74, 6) is 1.42. The van der Waals surface area contributed by atoms with Crippen molar-refractivity contribution >= 4 is 0 Å². The molecule has 0 aromatic rings. The van der Waals surface area contributed by atoms with Crippen LogP contribution in [0.2, 0.25) is 0 Å². The molecular formula is C9H14O3. The first kappa shape index (κ1) is 7.30. The van der Waals surface area contributed by atoms with Crippen LogP contribution in [0.4, 0.5) is 0 Å². The summed E-state index contributed by atoms with van der Waals surface area (Å²) in [6, 6.07) is 0. The number of ether oxygens (including phenoxy) is 2. The molecule has 1 saturated carbocycles. The second kappa shape index (κ2) is 2.44. The number of aliphatic hydroxyl groups excluding tert-OH is 1. The van der Waals surface area contributed by atoms with Crippen molar-refractivity contribution in [2.24, 2.45) is 17.8 Å². The van der Waals surface area contributed by atoms with Gasteiger partial charge >= 0.3 is 0 Å². The first-order valence-electron chi connectivity index (χ1n) is 4.76. The van der Waals surface area contributed by atoms with E-state index >= 15 is 0 Å². The fourth-order valence-corrected chi connectivity index (χ4v) is 2.87. The Balaban J connectivity index is 1.89. The summed E-state index contributed by atoms with van der Waals surface area (Å²) < 4.78 is 11.0. The predicted octanol–water partition coefficient (Wildman–Crippen LogP) is 0.376. The molecule has 3 nitrogen and oxygen atoms in total. The largest absolute Gasteiger partial charge is 0.393 e. The van der Waals surface area contributed by atoms with Crippen LogP contribution >= 0.6 is 0 Å². The maximum absolute atomic E-state index is 9.77. The monoisotopic (exact) mass is 170 g/mol. The van der Waals surface area contributed by atoms with Gasteiger partial charge in [-0.25, -0.2) is 0 Å². The summed E-state index contributed by atoms with van der Waals surface area (Å²) in [4.78, 5) is 0. The molecule has 68 valence electrons. The number of hydrogen-bond donors (Lipinski definition) is 1. The molecule has 0 aromatic carbocycles. The van der Waals surface area contributed by atoms with Crippen molar-refractivity contribution in [2.45, 2.75) is 25.2 Å². The summed E-state index contributed by atoms with van der Waals surface area (Å²) in [5.41, 5.74) is 0. The highest BCUT2D eigenvalue weighted by molar-refractivity contribution is 4.93. The van der Waals surface area contributed by atoms with E-state index in [1.165, 1.54) is 6.42 Å². The maximum Gasteiger partial charge on any atom is 0.160 e. The van der Waals surface area contributed by atoms with Gasteiger partial charge in [-0.15, -0.1) is 0 Å². The second-order valence-corrected chi connectivity index (χ2v) is 4.27. The van der Waals surface area contributed by atoms with E-state index in [0.29, 0.717) is 24.4 Å². The van der Waals surface area contributed by atoms with Gasteiger partial charge in [0.25, 0.3) is 0 Å². The van der Waals surface area contributed by atoms with Crippen molar-refractivity contribution < 1.29 is 14.6 Å². The smallest absolute Gasteiger partial charge is 0.160 e. The molecule has 5 atom stereocenters. The summed E-state index contributed by atoms with van der Waals surface area (Å²) in [6.45, 7) is 1.48. The quantitative estimate of drug-likeness (QED) is 0.571. The van der Waals surface area contributed by atoms with Crippen LogP contribution in [0.3, 0.4) is 0 Å². The number of aliphatic hydroxyl groups is 1. The molecule has 2 heterocycles. The topological polar surface area (TPSA) is 38.7 Å². The van der Waals surface area contributed by atoms with Crippen LogP contribution in [0, 0.1) is 17.8 Å². The Morgan fingerprint density at radius 2 is 1.83 bits per heavy atom. The summed E-state index contributed by atoms with van der Waals surface area (Å²) >= 11 is 0. The Bertz CT molecular complexity index is 194. The van der Waals surface area contributed by atoms with E-state index in [1.54, 1.807) is 0 Å². The molecule has 12 heavy (non-hydrogen) atoms. The van der Waals surface area contributed by atoms with Crippen LogP contribution in [-0.4, -0.2) is 30.7 Å². The van der Waals surface area contributed by atoms with Gasteiger partial charge < -0.3 is 14.6 Å². The molecule has 0 radical (unpaired) electrons. The van der Waals surface area contributed by atoms with Crippen molar-refractivity contribution in [3.05, 3.63) is 0 Å². The summed E-state index contributed by atoms with van der Waals surface area (Å²) in [7, 11) is 0. The minimum absolute atomic E-state index is 0.00111. The van der Waals surface area contributed by atoms with E-state index in [9.17, 15) is 5.11 Å². The lowest BCUT2D eigenvalue weighted by atomic mass is 9.72. The van der Waals surface area contributed by atoms with Crippen LogP contribution in [0.25, 0.3) is 0 Å². The number of hydrogen-bond acceptors (Lipinski definition) is 3. The molecule has 3 heteroatoms. The lowest BCUT2D eigenvalue weighted by Gasteiger charge is -2.40. The average Bonchev–Trinajstić information content (AvgIpc) is 2.48. The molecule has 2 aliphatic heterocycles. The van der Waals surface area contributed by atoms with Crippen molar-refractivity contribution in [2.75, 3.05) is 13.2 Å². The van der Waals surface area contributed by atoms with E-state index in [2.05, 4.69) is 0 Å². The summed E-state index contributed by atoms with van der Waals surface area (Å²) in [5, 5.41) is 9.77. The normalized spacial score (nSPS) is 57.2. The molecule has 2 bridgehead atoms. The Labute approximate surface area is 71.7 Å². The van der Waals surface area contributed by atoms with Gasteiger partial charge in [-0.3, -0.25) is 0 Å².